The number of pyridine rings is 1. The summed E-state index contributed by atoms with van der Waals surface area (Å²) in [7, 11) is 0. The Balaban J connectivity index is 2.29. The van der Waals surface area contributed by atoms with Gasteiger partial charge in [0, 0.05) is 16.0 Å². The molecule has 1 aromatic heterocycles. The molecule has 0 N–H and O–H groups in total. The molecule has 94 valence electrons. The molecule has 1 heterocycles. The summed E-state index contributed by atoms with van der Waals surface area (Å²) in [4.78, 5) is 4.66. The number of halogens is 2. The number of nitrogens with zero attached hydrogens (tertiary/aromatic N) is 1. The molecule has 0 bridgehead atoms. The molecule has 0 saturated heterocycles. The summed E-state index contributed by atoms with van der Waals surface area (Å²) in [5, 5.41) is 2.49. The third-order valence-electron chi connectivity index (χ3n) is 3.20. The molecule has 0 aliphatic rings. The van der Waals surface area contributed by atoms with Crippen molar-refractivity contribution >= 4 is 34.1 Å². The zero-order valence-electron chi connectivity index (χ0n) is 10.3. The maximum atomic E-state index is 6.45. The second-order valence-corrected chi connectivity index (χ2v) is 5.24. The minimum Gasteiger partial charge on any atom is -0.246 e. The number of para-hydroxylation sites is 1. The van der Waals surface area contributed by atoms with Crippen LogP contribution in [0.25, 0.3) is 22.2 Å². The van der Waals surface area contributed by atoms with Crippen LogP contribution in [0.5, 0.6) is 0 Å². The summed E-state index contributed by atoms with van der Waals surface area (Å²) >= 11 is 12.4. The van der Waals surface area contributed by atoms with E-state index in [-0.39, 0.29) is 0 Å². The van der Waals surface area contributed by atoms with E-state index in [0.717, 1.165) is 27.7 Å². The Hall–Kier alpha value is -1.57. The van der Waals surface area contributed by atoms with E-state index < -0.39 is 0 Å². The van der Waals surface area contributed by atoms with Crippen LogP contribution in [0.3, 0.4) is 0 Å². The van der Waals surface area contributed by atoms with Gasteiger partial charge in [0.15, 0.2) is 0 Å². The van der Waals surface area contributed by atoms with E-state index >= 15 is 0 Å². The number of rotatable bonds is 1. The molecule has 3 aromatic rings. The highest BCUT2D eigenvalue weighted by Gasteiger charge is 2.11. The van der Waals surface area contributed by atoms with Crippen molar-refractivity contribution in [2.45, 2.75) is 6.92 Å². The summed E-state index contributed by atoms with van der Waals surface area (Å²) in [6.07, 6.45) is 0. The molecular weight excluding hydrogens is 277 g/mol. The number of hydrogen-bond acceptors (Lipinski definition) is 1. The zero-order valence-corrected chi connectivity index (χ0v) is 11.8. The van der Waals surface area contributed by atoms with Crippen LogP contribution in [-0.2, 0) is 0 Å². The number of benzene rings is 2. The van der Waals surface area contributed by atoms with Crippen molar-refractivity contribution in [1.29, 1.82) is 0 Å². The van der Waals surface area contributed by atoms with Crippen LogP contribution >= 0.6 is 23.2 Å². The first-order chi connectivity index (χ1) is 9.16. The number of fused-ring (bicyclic) bond motifs is 1. The van der Waals surface area contributed by atoms with Crippen LogP contribution in [-0.4, -0.2) is 4.98 Å². The molecule has 0 radical (unpaired) electrons. The third kappa shape index (κ3) is 2.20. The van der Waals surface area contributed by atoms with E-state index in [2.05, 4.69) is 4.98 Å². The van der Waals surface area contributed by atoms with Crippen LogP contribution < -0.4 is 0 Å². The van der Waals surface area contributed by atoms with E-state index in [0.29, 0.717) is 10.0 Å². The lowest BCUT2D eigenvalue weighted by atomic mass is 10.0. The molecule has 3 rings (SSSR count). The van der Waals surface area contributed by atoms with Crippen LogP contribution in [0.15, 0.2) is 48.5 Å². The Morgan fingerprint density at radius 2 is 1.58 bits per heavy atom. The molecule has 0 amide bonds. The highest BCUT2D eigenvalue weighted by molar-refractivity contribution is 6.34. The highest BCUT2D eigenvalue weighted by atomic mass is 35.5. The van der Waals surface area contributed by atoms with Gasteiger partial charge in [-0.05, 0) is 30.7 Å². The maximum Gasteiger partial charge on any atom is 0.0898 e. The normalized spacial score (nSPS) is 10.9. The monoisotopic (exact) mass is 287 g/mol. The van der Waals surface area contributed by atoms with Crippen molar-refractivity contribution in [3.63, 3.8) is 0 Å². The highest BCUT2D eigenvalue weighted by Crippen LogP contribution is 2.33. The van der Waals surface area contributed by atoms with Gasteiger partial charge in [-0.3, -0.25) is 0 Å². The minimum atomic E-state index is 0.695. The number of aryl methyl sites for hydroxylation is 1. The van der Waals surface area contributed by atoms with Crippen LogP contribution in [0.4, 0.5) is 0 Å². The Morgan fingerprint density at radius 3 is 2.32 bits per heavy atom. The Bertz CT molecular complexity index is 749. The Kier molecular flexibility index (Phi) is 3.17. The second kappa shape index (κ2) is 4.84. The van der Waals surface area contributed by atoms with Crippen molar-refractivity contribution in [2.75, 3.05) is 0 Å². The lowest BCUT2D eigenvalue weighted by Crippen LogP contribution is -1.91. The Labute approximate surface area is 121 Å². The average Bonchev–Trinajstić information content (AvgIpc) is 2.44. The summed E-state index contributed by atoms with van der Waals surface area (Å²) < 4.78 is 0. The first-order valence-electron chi connectivity index (χ1n) is 5.97. The van der Waals surface area contributed by atoms with E-state index in [1.807, 2.05) is 55.5 Å². The molecule has 0 aliphatic heterocycles. The van der Waals surface area contributed by atoms with Gasteiger partial charge in [-0.15, -0.1) is 0 Å². The molecule has 0 unspecified atom stereocenters. The molecule has 0 atom stereocenters. The molecule has 19 heavy (non-hydrogen) atoms. The van der Waals surface area contributed by atoms with Gasteiger partial charge < -0.3 is 0 Å². The van der Waals surface area contributed by atoms with E-state index in [1.165, 1.54) is 0 Å². The van der Waals surface area contributed by atoms with E-state index in [9.17, 15) is 0 Å². The largest absolute Gasteiger partial charge is 0.246 e. The molecule has 3 heteroatoms. The Morgan fingerprint density at radius 1 is 0.895 bits per heavy atom. The first kappa shape index (κ1) is 12.5. The predicted octanol–water partition coefficient (Wildman–Crippen LogP) is 5.52. The van der Waals surface area contributed by atoms with Gasteiger partial charge in [-0.1, -0.05) is 53.5 Å². The van der Waals surface area contributed by atoms with Crippen LogP contribution in [0, 0.1) is 6.92 Å². The summed E-state index contributed by atoms with van der Waals surface area (Å²) in [5.41, 5.74) is 3.78. The smallest absolute Gasteiger partial charge is 0.0898 e. The van der Waals surface area contributed by atoms with Crippen LogP contribution in [0.1, 0.15) is 5.56 Å². The van der Waals surface area contributed by atoms with Crippen molar-refractivity contribution < 1.29 is 0 Å². The lowest BCUT2D eigenvalue weighted by molar-refractivity contribution is 1.36. The van der Waals surface area contributed by atoms with Crippen molar-refractivity contribution in [1.82, 2.24) is 4.98 Å². The molecule has 0 spiro atoms. The van der Waals surface area contributed by atoms with Gasteiger partial charge >= 0.3 is 0 Å². The summed E-state index contributed by atoms with van der Waals surface area (Å²) in [6, 6.07) is 15.6. The maximum absolute atomic E-state index is 6.45. The van der Waals surface area contributed by atoms with Crippen molar-refractivity contribution in [2.24, 2.45) is 0 Å². The summed E-state index contributed by atoms with van der Waals surface area (Å²) in [5.74, 6) is 0. The fraction of sp³-hybridized carbons (Fsp3) is 0.0625. The molecule has 0 aliphatic carbocycles. The van der Waals surface area contributed by atoms with Gasteiger partial charge in [0.25, 0.3) is 0 Å². The molecule has 1 nitrogen and oxygen atoms in total. The zero-order chi connectivity index (χ0) is 13.4. The second-order valence-electron chi connectivity index (χ2n) is 4.42. The van der Waals surface area contributed by atoms with Gasteiger partial charge in [0.05, 0.1) is 16.2 Å². The molecule has 0 fully saturated rings. The number of aromatic nitrogens is 1. The molecule has 0 saturated carbocycles. The minimum absolute atomic E-state index is 0.695. The van der Waals surface area contributed by atoms with Gasteiger partial charge in [0.1, 0.15) is 0 Å². The fourth-order valence-corrected chi connectivity index (χ4v) is 2.53. The van der Waals surface area contributed by atoms with E-state index in [4.69, 9.17) is 23.2 Å². The topological polar surface area (TPSA) is 12.9 Å². The van der Waals surface area contributed by atoms with Gasteiger partial charge in [-0.25, -0.2) is 4.98 Å². The molecule has 2 aromatic carbocycles. The fourth-order valence-electron chi connectivity index (χ4n) is 2.15. The quantitative estimate of drug-likeness (QED) is 0.574. The van der Waals surface area contributed by atoms with Gasteiger partial charge in [-0.2, -0.15) is 0 Å². The van der Waals surface area contributed by atoms with Gasteiger partial charge in [0.2, 0.25) is 0 Å². The standard InChI is InChI=1S/C16H11Cl2N/c1-10-13-4-2-3-5-14(13)19-16(15(10)18)11-6-8-12(17)9-7-11/h2-9H,1H3. The average molecular weight is 288 g/mol. The third-order valence-corrected chi connectivity index (χ3v) is 3.91. The van der Waals surface area contributed by atoms with Crippen molar-refractivity contribution in [3.8, 4) is 11.3 Å². The molecular formula is C16H11Cl2N. The first-order valence-corrected chi connectivity index (χ1v) is 6.73. The number of hydrogen-bond donors (Lipinski definition) is 0. The van der Waals surface area contributed by atoms with E-state index in [1.54, 1.807) is 0 Å². The lowest BCUT2D eigenvalue weighted by Gasteiger charge is -2.10. The SMILES string of the molecule is Cc1c(Cl)c(-c2ccc(Cl)cc2)nc2ccccc12. The van der Waals surface area contributed by atoms with Crippen molar-refractivity contribution in [3.05, 3.63) is 64.1 Å². The predicted molar refractivity (Wildman–Crippen MR) is 81.9 cm³/mol. The summed E-state index contributed by atoms with van der Waals surface area (Å²) in [6.45, 7) is 2.02. The van der Waals surface area contributed by atoms with Crippen LogP contribution in [0.2, 0.25) is 10.0 Å².